The maximum atomic E-state index is 13.5. The molecule has 0 aliphatic carbocycles. The van der Waals surface area contributed by atoms with Gasteiger partial charge in [0.2, 0.25) is 0 Å². The van der Waals surface area contributed by atoms with Crippen molar-refractivity contribution < 1.29 is 14.3 Å². The van der Waals surface area contributed by atoms with E-state index >= 15 is 0 Å². The summed E-state index contributed by atoms with van der Waals surface area (Å²) in [5.74, 6) is -1.52. The molecule has 3 N–H and O–H groups in total. The van der Waals surface area contributed by atoms with Gasteiger partial charge in [0.25, 0.3) is 0 Å². The van der Waals surface area contributed by atoms with Gasteiger partial charge in [0.05, 0.1) is 5.56 Å². The molecule has 6 heteroatoms. The fourth-order valence-corrected chi connectivity index (χ4v) is 2.71. The Balaban J connectivity index is 2.11. The number of hydrogen-bond donors (Lipinski definition) is 2. The largest absolute Gasteiger partial charge is 0.478 e. The summed E-state index contributed by atoms with van der Waals surface area (Å²) in [6, 6.07) is 9.25. The molecule has 0 saturated heterocycles. The van der Waals surface area contributed by atoms with Gasteiger partial charge < -0.3 is 10.8 Å². The van der Waals surface area contributed by atoms with Crippen molar-refractivity contribution in [1.29, 1.82) is 0 Å². The Morgan fingerprint density at radius 2 is 2.05 bits per heavy atom. The second-order valence-electron chi connectivity index (χ2n) is 4.09. The van der Waals surface area contributed by atoms with Gasteiger partial charge in [-0.1, -0.05) is 17.7 Å². The summed E-state index contributed by atoms with van der Waals surface area (Å²) in [4.78, 5) is 11.6. The van der Waals surface area contributed by atoms with Crippen molar-refractivity contribution >= 4 is 35.0 Å². The highest BCUT2D eigenvalue weighted by molar-refractivity contribution is 7.98. The standard InChI is InChI=1S/C14H11ClFNO2S/c15-9-2-4-13(12(17)6-9)20-7-8-1-3-10(14(18)19)11(16)5-8/h1-6H,7,17H2,(H,18,19). The SMILES string of the molecule is Nc1cc(Cl)ccc1SCc1ccc(C(=O)O)c(F)c1. The summed E-state index contributed by atoms with van der Waals surface area (Å²) in [5.41, 5.74) is 6.74. The van der Waals surface area contributed by atoms with Crippen LogP contribution in [0.1, 0.15) is 15.9 Å². The van der Waals surface area contributed by atoms with Crippen LogP contribution in [0.15, 0.2) is 41.3 Å². The molecule has 3 nitrogen and oxygen atoms in total. The molecular weight excluding hydrogens is 301 g/mol. The lowest BCUT2D eigenvalue weighted by Crippen LogP contribution is -2.00. The van der Waals surface area contributed by atoms with Gasteiger partial charge in [0.15, 0.2) is 0 Å². The lowest BCUT2D eigenvalue weighted by molar-refractivity contribution is 0.0692. The van der Waals surface area contributed by atoms with Crippen LogP contribution in [-0.4, -0.2) is 11.1 Å². The quantitative estimate of drug-likeness (QED) is 0.660. The second-order valence-corrected chi connectivity index (χ2v) is 5.54. The summed E-state index contributed by atoms with van der Waals surface area (Å²) in [6.07, 6.45) is 0. The Morgan fingerprint density at radius 3 is 2.65 bits per heavy atom. The van der Waals surface area contributed by atoms with Gasteiger partial charge in [-0.25, -0.2) is 9.18 Å². The zero-order valence-corrected chi connectivity index (χ0v) is 11.8. The number of anilines is 1. The van der Waals surface area contributed by atoms with Crippen molar-refractivity contribution in [3.8, 4) is 0 Å². The lowest BCUT2D eigenvalue weighted by atomic mass is 10.1. The van der Waals surface area contributed by atoms with E-state index in [2.05, 4.69) is 0 Å². The van der Waals surface area contributed by atoms with E-state index in [4.69, 9.17) is 22.4 Å². The Hall–Kier alpha value is -1.72. The van der Waals surface area contributed by atoms with Crippen LogP contribution in [-0.2, 0) is 5.75 Å². The first kappa shape index (κ1) is 14.7. The molecule has 2 rings (SSSR count). The molecule has 0 aromatic heterocycles. The van der Waals surface area contributed by atoms with E-state index in [0.29, 0.717) is 22.0 Å². The first-order chi connectivity index (χ1) is 9.47. The molecule has 0 bridgehead atoms. The van der Waals surface area contributed by atoms with Gasteiger partial charge in [0, 0.05) is 21.4 Å². The van der Waals surface area contributed by atoms with Crippen LogP contribution in [0.3, 0.4) is 0 Å². The molecule has 0 spiro atoms. The summed E-state index contributed by atoms with van der Waals surface area (Å²) in [7, 11) is 0. The average Bonchev–Trinajstić information content (AvgIpc) is 2.37. The minimum Gasteiger partial charge on any atom is -0.478 e. The van der Waals surface area contributed by atoms with E-state index in [1.807, 2.05) is 0 Å². The molecule has 104 valence electrons. The molecule has 0 saturated carbocycles. The molecule has 2 aromatic carbocycles. The highest BCUT2D eigenvalue weighted by Gasteiger charge is 2.10. The van der Waals surface area contributed by atoms with E-state index in [0.717, 1.165) is 4.90 Å². The highest BCUT2D eigenvalue weighted by atomic mass is 35.5. The molecule has 20 heavy (non-hydrogen) atoms. The number of rotatable bonds is 4. The smallest absolute Gasteiger partial charge is 0.338 e. The molecule has 0 aliphatic heterocycles. The van der Waals surface area contributed by atoms with Crippen LogP contribution in [0, 0.1) is 5.82 Å². The Morgan fingerprint density at radius 1 is 1.30 bits per heavy atom. The topological polar surface area (TPSA) is 63.3 Å². The Bertz CT molecular complexity index is 664. The molecule has 0 heterocycles. The summed E-state index contributed by atoms with van der Waals surface area (Å²) in [5, 5.41) is 9.31. The van der Waals surface area contributed by atoms with Crippen LogP contribution >= 0.6 is 23.4 Å². The molecule has 0 unspecified atom stereocenters. The highest BCUT2D eigenvalue weighted by Crippen LogP contribution is 2.30. The Labute approximate surface area is 124 Å². The van der Waals surface area contributed by atoms with Gasteiger partial charge in [-0.2, -0.15) is 0 Å². The third-order valence-electron chi connectivity index (χ3n) is 2.63. The normalized spacial score (nSPS) is 10.5. The third kappa shape index (κ3) is 3.43. The van der Waals surface area contributed by atoms with Crippen molar-refractivity contribution in [3.63, 3.8) is 0 Å². The first-order valence-corrected chi connectivity index (χ1v) is 7.03. The number of carboxylic acid groups (broad SMARTS) is 1. The molecule has 0 radical (unpaired) electrons. The maximum absolute atomic E-state index is 13.5. The van der Waals surface area contributed by atoms with Crippen LogP contribution in [0.4, 0.5) is 10.1 Å². The van der Waals surface area contributed by atoms with Gasteiger partial charge in [-0.15, -0.1) is 11.8 Å². The van der Waals surface area contributed by atoms with Crippen LogP contribution in [0.25, 0.3) is 0 Å². The van der Waals surface area contributed by atoms with E-state index in [1.165, 1.54) is 23.9 Å². The van der Waals surface area contributed by atoms with E-state index in [9.17, 15) is 9.18 Å². The second kappa shape index (κ2) is 6.15. The van der Waals surface area contributed by atoms with Crippen LogP contribution in [0.2, 0.25) is 5.02 Å². The predicted molar refractivity (Wildman–Crippen MR) is 78.8 cm³/mol. The predicted octanol–water partition coefficient (Wildman–Crippen LogP) is 4.05. The zero-order chi connectivity index (χ0) is 14.7. The fourth-order valence-electron chi connectivity index (χ4n) is 1.63. The molecule has 2 aromatic rings. The van der Waals surface area contributed by atoms with Gasteiger partial charge in [-0.3, -0.25) is 0 Å². The van der Waals surface area contributed by atoms with E-state index in [1.54, 1.807) is 24.3 Å². The summed E-state index contributed by atoms with van der Waals surface area (Å²) in [6.45, 7) is 0. The van der Waals surface area contributed by atoms with Gasteiger partial charge in [0.1, 0.15) is 5.82 Å². The number of thioether (sulfide) groups is 1. The van der Waals surface area contributed by atoms with Crippen molar-refractivity contribution in [1.82, 2.24) is 0 Å². The van der Waals surface area contributed by atoms with Gasteiger partial charge >= 0.3 is 5.97 Å². The monoisotopic (exact) mass is 311 g/mol. The molecule has 0 atom stereocenters. The minimum absolute atomic E-state index is 0.329. The molecular formula is C14H11ClFNO2S. The van der Waals surface area contributed by atoms with E-state index < -0.39 is 11.8 Å². The van der Waals surface area contributed by atoms with Crippen molar-refractivity contribution in [2.24, 2.45) is 0 Å². The van der Waals surface area contributed by atoms with Crippen molar-refractivity contribution in [2.45, 2.75) is 10.6 Å². The number of nitrogens with two attached hydrogens (primary N) is 1. The summed E-state index contributed by atoms with van der Waals surface area (Å²) >= 11 is 7.24. The maximum Gasteiger partial charge on any atom is 0.338 e. The van der Waals surface area contributed by atoms with Gasteiger partial charge in [-0.05, 0) is 35.9 Å². The first-order valence-electron chi connectivity index (χ1n) is 5.67. The number of carboxylic acids is 1. The molecule has 0 amide bonds. The molecule has 0 fully saturated rings. The zero-order valence-electron chi connectivity index (χ0n) is 10.3. The number of hydrogen-bond acceptors (Lipinski definition) is 3. The van der Waals surface area contributed by atoms with Crippen molar-refractivity contribution in [3.05, 3.63) is 58.4 Å². The fraction of sp³-hybridized carbons (Fsp3) is 0.0714. The van der Waals surface area contributed by atoms with Crippen LogP contribution < -0.4 is 5.73 Å². The van der Waals surface area contributed by atoms with Crippen molar-refractivity contribution in [2.75, 3.05) is 5.73 Å². The average molecular weight is 312 g/mol. The molecule has 0 aliphatic rings. The summed E-state index contributed by atoms with van der Waals surface area (Å²) < 4.78 is 13.5. The number of aromatic carboxylic acids is 1. The number of halogens is 2. The minimum atomic E-state index is -1.27. The number of nitrogen functional groups attached to an aromatic ring is 1. The Kier molecular flexibility index (Phi) is 4.52. The third-order valence-corrected chi connectivity index (χ3v) is 4.03. The van der Waals surface area contributed by atoms with E-state index in [-0.39, 0.29) is 5.56 Å². The number of carbonyl (C=O) groups is 1. The lowest BCUT2D eigenvalue weighted by Gasteiger charge is -2.07. The number of benzene rings is 2. The van der Waals surface area contributed by atoms with Crippen LogP contribution in [0.5, 0.6) is 0 Å².